The Morgan fingerprint density at radius 2 is 1.10 bits per heavy atom. The predicted molar refractivity (Wildman–Crippen MR) is 43.5 cm³/mol. The van der Waals surface area contributed by atoms with Crippen LogP contribution in [0.25, 0.3) is 0 Å². The molecule has 0 aliphatic heterocycles. The van der Waals surface area contributed by atoms with Crippen LogP contribution < -0.4 is 51.4 Å². The van der Waals surface area contributed by atoms with Gasteiger partial charge in [0, 0.05) is 0 Å². The third-order valence-electron chi connectivity index (χ3n) is 1.98. The standard InChI is InChI=1S/C8H12P.K/c1-5-6(2)8(4)9-7(5)3;/h1-4H3;/q-1;+1. The van der Waals surface area contributed by atoms with E-state index in [0.29, 0.717) is 0 Å². The SMILES string of the molecule is Cc1[p-]c(C)c(C)c1C.[K+]. The molecule has 0 bridgehead atoms. The number of rotatable bonds is 0. The monoisotopic (exact) mass is 178 g/mol. The molecule has 0 spiro atoms. The predicted octanol–water partition coefficient (Wildman–Crippen LogP) is 0.223. The normalized spacial score (nSPS) is 9.20. The van der Waals surface area contributed by atoms with Crippen LogP contribution in [0.4, 0.5) is 0 Å². The van der Waals surface area contributed by atoms with E-state index in [-0.39, 0.29) is 51.4 Å². The summed E-state index contributed by atoms with van der Waals surface area (Å²) in [5.41, 5.74) is 2.99. The molecule has 0 N–H and O–H groups in total. The second-order valence-corrected chi connectivity index (χ2v) is 4.10. The molecule has 0 fully saturated rings. The van der Waals surface area contributed by atoms with Gasteiger partial charge >= 0.3 is 51.4 Å². The van der Waals surface area contributed by atoms with Crippen molar-refractivity contribution in [2.24, 2.45) is 0 Å². The van der Waals surface area contributed by atoms with Gasteiger partial charge in [-0.2, -0.15) is 0 Å². The Morgan fingerprint density at radius 3 is 1.20 bits per heavy atom. The molecule has 50 valence electrons. The zero-order valence-corrected chi connectivity index (χ0v) is 11.5. The van der Waals surface area contributed by atoms with Gasteiger partial charge in [0.1, 0.15) is 0 Å². The second kappa shape index (κ2) is 4.44. The molecule has 0 amide bonds. The van der Waals surface area contributed by atoms with Crippen molar-refractivity contribution in [2.45, 2.75) is 27.7 Å². The van der Waals surface area contributed by atoms with Crippen molar-refractivity contribution in [3.8, 4) is 0 Å². The van der Waals surface area contributed by atoms with Gasteiger partial charge in [-0.3, -0.25) is 0 Å². The van der Waals surface area contributed by atoms with Crippen molar-refractivity contribution in [3.05, 3.63) is 21.7 Å². The molecule has 10 heavy (non-hydrogen) atoms. The van der Waals surface area contributed by atoms with E-state index in [4.69, 9.17) is 0 Å². The van der Waals surface area contributed by atoms with E-state index in [1.165, 1.54) is 29.9 Å². The fraction of sp³-hybridized carbons (Fsp3) is 0.500. The first-order valence-electron chi connectivity index (χ1n) is 3.20. The van der Waals surface area contributed by atoms with Crippen molar-refractivity contribution >= 4 is 8.19 Å². The summed E-state index contributed by atoms with van der Waals surface area (Å²) in [5.74, 6) is 0. The Bertz CT molecular complexity index is 203. The zero-order chi connectivity index (χ0) is 7.02. The first-order valence-corrected chi connectivity index (χ1v) is 4.09. The fourth-order valence-electron chi connectivity index (χ4n) is 0.962. The van der Waals surface area contributed by atoms with Crippen LogP contribution in [-0.4, -0.2) is 0 Å². The summed E-state index contributed by atoms with van der Waals surface area (Å²) < 4.78 is 0. The second-order valence-electron chi connectivity index (χ2n) is 2.53. The van der Waals surface area contributed by atoms with Gasteiger partial charge < -0.3 is 8.19 Å². The molecule has 1 heterocycles. The summed E-state index contributed by atoms with van der Waals surface area (Å²) in [5, 5.41) is 3.04. The van der Waals surface area contributed by atoms with Crippen molar-refractivity contribution in [2.75, 3.05) is 0 Å². The van der Waals surface area contributed by atoms with Gasteiger partial charge in [-0.05, 0) is 13.8 Å². The molecule has 0 saturated heterocycles. The van der Waals surface area contributed by atoms with Crippen LogP contribution in [0.3, 0.4) is 0 Å². The van der Waals surface area contributed by atoms with Gasteiger partial charge in [-0.25, -0.2) is 10.6 Å². The number of hydrogen-bond acceptors (Lipinski definition) is 0. The summed E-state index contributed by atoms with van der Waals surface area (Å²) >= 11 is 0. The van der Waals surface area contributed by atoms with Crippen molar-refractivity contribution in [3.63, 3.8) is 0 Å². The molecule has 1 rings (SSSR count). The molecule has 2 heteroatoms. The molecule has 1 aromatic heterocycles. The topological polar surface area (TPSA) is 0 Å². The molecule has 0 aromatic carbocycles. The van der Waals surface area contributed by atoms with Crippen LogP contribution in [0, 0.1) is 27.7 Å². The Kier molecular flexibility index (Phi) is 5.07. The molecule has 0 saturated carbocycles. The van der Waals surface area contributed by atoms with Crippen LogP contribution in [0.15, 0.2) is 0 Å². The molecule has 0 aliphatic carbocycles. The zero-order valence-electron chi connectivity index (χ0n) is 7.45. The summed E-state index contributed by atoms with van der Waals surface area (Å²) in [6.07, 6.45) is 0. The van der Waals surface area contributed by atoms with Crippen LogP contribution in [0.2, 0.25) is 0 Å². The number of hydrogen-bond donors (Lipinski definition) is 0. The van der Waals surface area contributed by atoms with Gasteiger partial charge in [0.05, 0.1) is 0 Å². The third-order valence-corrected chi connectivity index (χ3v) is 3.32. The minimum atomic E-state index is 0. The van der Waals surface area contributed by atoms with Crippen molar-refractivity contribution in [1.29, 1.82) is 0 Å². The van der Waals surface area contributed by atoms with E-state index >= 15 is 0 Å². The van der Waals surface area contributed by atoms with E-state index in [1.807, 2.05) is 0 Å². The van der Waals surface area contributed by atoms with E-state index in [2.05, 4.69) is 27.7 Å². The molecule has 1 aromatic rings. The van der Waals surface area contributed by atoms with Gasteiger partial charge in [0.2, 0.25) is 0 Å². The maximum Gasteiger partial charge on any atom is 1.00 e. The van der Waals surface area contributed by atoms with E-state index < -0.39 is 0 Å². The van der Waals surface area contributed by atoms with Crippen molar-refractivity contribution in [1.82, 2.24) is 0 Å². The Balaban J connectivity index is 0.000000810. The van der Waals surface area contributed by atoms with Gasteiger partial charge in [0.25, 0.3) is 0 Å². The molecule has 0 nitrogen and oxygen atoms in total. The molecular weight excluding hydrogens is 166 g/mol. The average molecular weight is 178 g/mol. The van der Waals surface area contributed by atoms with E-state index in [9.17, 15) is 0 Å². The average Bonchev–Trinajstić information content (AvgIpc) is 1.98. The molecule has 0 atom stereocenters. The van der Waals surface area contributed by atoms with E-state index in [1.54, 1.807) is 0 Å². The van der Waals surface area contributed by atoms with E-state index in [0.717, 1.165) is 0 Å². The maximum atomic E-state index is 2.21. The molecule has 0 unspecified atom stereocenters. The minimum absolute atomic E-state index is 0. The quantitative estimate of drug-likeness (QED) is 0.499. The Hall–Kier alpha value is 1.42. The Labute approximate surface area is 107 Å². The van der Waals surface area contributed by atoms with Crippen LogP contribution in [-0.2, 0) is 0 Å². The van der Waals surface area contributed by atoms with Gasteiger partial charge in [-0.1, -0.05) is 25.0 Å². The van der Waals surface area contributed by atoms with Crippen LogP contribution in [0.1, 0.15) is 21.7 Å². The summed E-state index contributed by atoms with van der Waals surface area (Å²) in [4.78, 5) is 0. The molecule has 0 radical (unpaired) electrons. The Morgan fingerprint density at radius 1 is 0.800 bits per heavy atom. The largest absolute Gasteiger partial charge is 1.00 e. The molecule has 0 aliphatic rings. The first-order chi connectivity index (χ1) is 4.13. The van der Waals surface area contributed by atoms with Crippen LogP contribution >= 0.6 is 8.19 Å². The fourth-order valence-corrected chi connectivity index (χ4v) is 2.14. The molecular formula is C8H12KP. The smallest absolute Gasteiger partial charge is 0.524 e. The van der Waals surface area contributed by atoms with Gasteiger partial charge in [-0.15, -0.1) is 0 Å². The minimum Gasteiger partial charge on any atom is -0.524 e. The van der Waals surface area contributed by atoms with Gasteiger partial charge in [0.15, 0.2) is 0 Å². The van der Waals surface area contributed by atoms with Crippen LogP contribution in [0.5, 0.6) is 0 Å². The van der Waals surface area contributed by atoms with Crippen molar-refractivity contribution < 1.29 is 51.4 Å². The summed E-state index contributed by atoms with van der Waals surface area (Å²) in [6.45, 7) is 8.82. The first kappa shape index (κ1) is 11.4. The summed E-state index contributed by atoms with van der Waals surface area (Å²) in [7, 11) is 1.44. The number of aryl methyl sites for hydroxylation is 2. The summed E-state index contributed by atoms with van der Waals surface area (Å²) in [6, 6.07) is 0. The third kappa shape index (κ3) is 2.20. The maximum absolute atomic E-state index is 2.21.